The molecule has 0 radical (unpaired) electrons. The van der Waals surface area contributed by atoms with E-state index in [2.05, 4.69) is 16.0 Å². The van der Waals surface area contributed by atoms with Gasteiger partial charge in [0.05, 0.1) is 0 Å². The van der Waals surface area contributed by atoms with Crippen molar-refractivity contribution in [3.8, 4) is 0 Å². The normalized spacial score (nSPS) is 14.0. The van der Waals surface area contributed by atoms with Crippen molar-refractivity contribution in [3.05, 3.63) is 6.07 Å². The Labute approximate surface area is 138 Å². The Morgan fingerprint density at radius 1 is 0.609 bits per heavy atom. The molecule has 0 unspecified atom stereocenters. The molecule has 0 aliphatic heterocycles. The van der Waals surface area contributed by atoms with Gasteiger partial charge < -0.3 is 0 Å². The van der Waals surface area contributed by atoms with E-state index >= 15 is 0 Å². The molecule has 0 bridgehead atoms. The Morgan fingerprint density at radius 2 is 0.957 bits per heavy atom. The summed E-state index contributed by atoms with van der Waals surface area (Å²) in [6.45, 7) is 0. The number of hydrogen-bond donors (Lipinski definition) is 4. The van der Waals surface area contributed by atoms with Crippen molar-refractivity contribution in [1.82, 2.24) is 0 Å². The summed E-state index contributed by atoms with van der Waals surface area (Å²) in [4.78, 5) is -7.91. The molecular formula is C6H5FeO12S4. The summed E-state index contributed by atoms with van der Waals surface area (Å²) >= 11 is 2.89. The Bertz CT molecular complexity index is 1090. The van der Waals surface area contributed by atoms with E-state index in [1.165, 1.54) is 0 Å². The second-order valence-electron chi connectivity index (χ2n) is 3.73. The van der Waals surface area contributed by atoms with E-state index in [9.17, 15) is 33.7 Å². The maximum atomic E-state index is 11.3. The van der Waals surface area contributed by atoms with Crippen LogP contribution in [-0.4, -0.2) is 51.9 Å². The van der Waals surface area contributed by atoms with Crippen LogP contribution in [0.1, 0.15) is 0 Å². The van der Waals surface area contributed by atoms with Crippen LogP contribution in [0.15, 0.2) is 25.6 Å². The molecule has 4 N–H and O–H groups in total. The molecule has 0 fully saturated rings. The molecule has 0 aliphatic carbocycles. The third kappa shape index (κ3) is 4.27. The first-order valence-electron chi connectivity index (χ1n) is 4.63. The van der Waals surface area contributed by atoms with Crippen LogP contribution in [0, 0.1) is 0 Å². The van der Waals surface area contributed by atoms with Crippen LogP contribution in [0.4, 0.5) is 0 Å². The molecule has 17 heteroatoms. The first-order chi connectivity index (χ1) is 9.88. The van der Waals surface area contributed by atoms with E-state index in [0.29, 0.717) is 0 Å². The van der Waals surface area contributed by atoms with Crippen LogP contribution in [-0.2, 0) is 56.5 Å². The summed E-state index contributed by atoms with van der Waals surface area (Å²) in [5.41, 5.74) is 0. The fraction of sp³-hybridized carbons (Fsp3) is 0. The fourth-order valence-electron chi connectivity index (χ4n) is 1.47. The van der Waals surface area contributed by atoms with Gasteiger partial charge in [0.15, 0.2) is 0 Å². The van der Waals surface area contributed by atoms with Crippen molar-refractivity contribution < 1.29 is 67.9 Å². The van der Waals surface area contributed by atoms with Gasteiger partial charge >= 0.3 is 138 Å². The SMILES string of the molecule is O=S(=O)(O)c1c[c]([Fe])c(S(=O)(=O)O)c(S(=O)(=O)O)c1S(=O)(=O)O. The van der Waals surface area contributed by atoms with Crippen molar-refractivity contribution in [2.75, 3.05) is 0 Å². The number of rotatable bonds is 4. The van der Waals surface area contributed by atoms with Gasteiger partial charge in [-0.2, -0.15) is 0 Å². The predicted octanol–water partition coefficient (Wildman–Crippen LogP) is -2.15. The summed E-state index contributed by atoms with van der Waals surface area (Å²) < 4.78 is 125. The van der Waals surface area contributed by atoms with E-state index in [0.717, 1.165) is 0 Å². The van der Waals surface area contributed by atoms with Gasteiger partial charge in [0.25, 0.3) is 0 Å². The van der Waals surface area contributed by atoms with Gasteiger partial charge in [-0.05, 0) is 0 Å². The Morgan fingerprint density at radius 3 is 1.22 bits per heavy atom. The van der Waals surface area contributed by atoms with Crippen molar-refractivity contribution in [2.45, 2.75) is 19.6 Å². The van der Waals surface area contributed by atoms with Crippen LogP contribution in [0.3, 0.4) is 0 Å². The van der Waals surface area contributed by atoms with E-state index in [-0.39, 0.29) is 6.07 Å². The molecule has 0 aliphatic rings. The molecular weight excluding hydrogens is 448 g/mol. The van der Waals surface area contributed by atoms with Crippen LogP contribution in [0.25, 0.3) is 0 Å². The molecule has 0 heterocycles. The monoisotopic (exact) mass is 453 g/mol. The maximum absolute atomic E-state index is 11.3. The second-order valence-corrected chi connectivity index (χ2v) is 9.79. The molecule has 0 atom stereocenters. The van der Waals surface area contributed by atoms with Gasteiger partial charge in [0.1, 0.15) is 0 Å². The Kier molecular flexibility index (Phi) is 5.08. The number of benzene rings is 1. The molecule has 23 heavy (non-hydrogen) atoms. The van der Waals surface area contributed by atoms with E-state index < -0.39 is 64.5 Å². The predicted molar refractivity (Wildman–Crippen MR) is 65.3 cm³/mol. The molecule has 1 aromatic carbocycles. The minimum absolute atomic E-state index is 0.0657. The zero-order valence-corrected chi connectivity index (χ0v) is 14.5. The molecule has 0 saturated heterocycles. The first kappa shape index (κ1) is 20.4. The quantitative estimate of drug-likeness (QED) is 0.283. The van der Waals surface area contributed by atoms with Crippen LogP contribution in [0.2, 0.25) is 0 Å². The van der Waals surface area contributed by atoms with Crippen molar-refractivity contribution in [1.29, 1.82) is 0 Å². The summed E-state index contributed by atoms with van der Waals surface area (Å²) in [6, 6.07) is 0.0657. The van der Waals surface area contributed by atoms with Gasteiger partial charge in [0.2, 0.25) is 0 Å². The topological polar surface area (TPSA) is 217 Å². The summed E-state index contributed by atoms with van der Waals surface area (Å²) in [6.07, 6.45) is 0. The van der Waals surface area contributed by atoms with Crippen molar-refractivity contribution in [2.24, 2.45) is 0 Å². The summed E-state index contributed by atoms with van der Waals surface area (Å²) in [5, 5.41) is 0. The van der Waals surface area contributed by atoms with Gasteiger partial charge in [-0.1, -0.05) is 0 Å². The molecule has 0 saturated carbocycles. The molecule has 1 rings (SSSR count). The zero-order valence-electron chi connectivity index (χ0n) is 10.1. The first-order valence-corrected chi connectivity index (χ1v) is 10.9. The van der Waals surface area contributed by atoms with Crippen LogP contribution >= 0.6 is 0 Å². The van der Waals surface area contributed by atoms with E-state index in [1.807, 2.05) is 0 Å². The van der Waals surface area contributed by atoms with Gasteiger partial charge in [-0.15, -0.1) is 0 Å². The molecule has 12 nitrogen and oxygen atoms in total. The zero-order chi connectivity index (χ0) is 18.6. The molecule has 0 amide bonds. The minimum atomic E-state index is -5.83. The molecule has 133 valence electrons. The van der Waals surface area contributed by atoms with Crippen molar-refractivity contribution in [3.63, 3.8) is 0 Å². The third-order valence-corrected chi connectivity index (χ3v) is 6.83. The molecule has 0 spiro atoms. The van der Waals surface area contributed by atoms with Gasteiger partial charge in [0, 0.05) is 0 Å². The summed E-state index contributed by atoms with van der Waals surface area (Å²) in [5.74, 6) is 0. The third-order valence-electron chi connectivity index (χ3n) is 2.15. The van der Waals surface area contributed by atoms with E-state index in [1.54, 1.807) is 0 Å². The summed E-state index contributed by atoms with van der Waals surface area (Å²) in [7, 11) is -22.7. The van der Waals surface area contributed by atoms with Crippen LogP contribution < -0.4 is 4.46 Å². The van der Waals surface area contributed by atoms with Gasteiger partial charge in [-0.3, -0.25) is 0 Å². The number of hydrogen-bond acceptors (Lipinski definition) is 8. The van der Waals surface area contributed by atoms with E-state index in [4.69, 9.17) is 18.2 Å². The average molecular weight is 453 g/mol. The molecule has 0 aromatic heterocycles. The second kappa shape index (κ2) is 5.73. The van der Waals surface area contributed by atoms with Crippen LogP contribution in [0.5, 0.6) is 0 Å². The van der Waals surface area contributed by atoms with Gasteiger partial charge in [-0.25, -0.2) is 0 Å². The Balaban J connectivity index is 4.56. The average Bonchev–Trinajstić information content (AvgIpc) is 2.21. The standard InChI is InChI=1S/C6H5O12S4.Fe/c7-19(8,9)3-1-2-4(20(10,11)12)6(22(16,17)18)5(3)21(13,14)15;/h1H,(H,7,8,9)(H,10,11,12)(H,13,14,15)(H,16,17,18);. The Hall–Kier alpha value is -0.621. The molecule has 1 aromatic rings. The van der Waals surface area contributed by atoms with Crippen molar-refractivity contribution >= 4 is 44.9 Å². The fourth-order valence-corrected chi connectivity index (χ4v) is 6.98.